The number of halogens is 1. The summed E-state index contributed by atoms with van der Waals surface area (Å²) in [6, 6.07) is 0. The van der Waals surface area contributed by atoms with Crippen LogP contribution in [0, 0.1) is 5.92 Å². The summed E-state index contributed by atoms with van der Waals surface area (Å²) in [4.78, 5) is 10.8. The second kappa shape index (κ2) is 4.10. The van der Waals surface area contributed by atoms with Crippen LogP contribution in [0.1, 0.15) is 33.6 Å². The molecule has 0 saturated carbocycles. The van der Waals surface area contributed by atoms with Crippen molar-refractivity contribution in [2.75, 3.05) is 0 Å². The third-order valence-corrected chi connectivity index (χ3v) is 3.54. The van der Waals surface area contributed by atoms with Crippen LogP contribution in [0.5, 0.6) is 0 Å². The van der Waals surface area contributed by atoms with Crippen molar-refractivity contribution in [2.45, 2.75) is 37.9 Å². The number of carboxylic acid groups (broad SMARTS) is 1. The topological polar surface area (TPSA) is 37.3 Å². The average Bonchev–Trinajstić information content (AvgIpc) is 1.87. The first-order valence-electron chi connectivity index (χ1n) is 3.87. The van der Waals surface area contributed by atoms with Crippen LogP contribution in [-0.2, 0) is 4.79 Å². The maximum atomic E-state index is 10.8. The summed E-state index contributed by atoms with van der Waals surface area (Å²) >= 11 is 3.27. The molecule has 0 aromatic carbocycles. The zero-order chi connectivity index (χ0) is 9.07. The highest BCUT2D eigenvalue weighted by Gasteiger charge is 2.37. The quantitative estimate of drug-likeness (QED) is 0.744. The Kier molecular flexibility index (Phi) is 4.08. The summed E-state index contributed by atoms with van der Waals surface area (Å²) < 4.78 is -0.720. The molecule has 0 saturated heterocycles. The summed E-state index contributed by atoms with van der Waals surface area (Å²) in [7, 11) is 0. The maximum Gasteiger partial charge on any atom is 0.320 e. The Morgan fingerprint density at radius 2 is 2.09 bits per heavy atom. The van der Waals surface area contributed by atoms with Crippen LogP contribution in [0.15, 0.2) is 0 Å². The van der Waals surface area contributed by atoms with Gasteiger partial charge in [-0.2, -0.15) is 0 Å². The van der Waals surface area contributed by atoms with Crippen molar-refractivity contribution in [3.8, 4) is 0 Å². The molecule has 0 unspecified atom stereocenters. The molecule has 2 nitrogen and oxygen atoms in total. The summed E-state index contributed by atoms with van der Waals surface area (Å²) in [5, 5.41) is 8.89. The van der Waals surface area contributed by atoms with Gasteiger partial charge < -0.3 is 5.11 Å². The predicted octanol–water partition coefficient (Wildman–Crippen LogP) is 2.66. The molecule has 66 valence electrons. The number of hydrogen-bond acceptors (Lipinski definition) is 1. The molecule has 0 aliphatic rings. The van der Waals surface area contributed by atoms with Gasteiger partial charge in [0.1, 0.15) is 4.32 Å². The monoisotopic (exact) mass is 222 g/mol. The smallest absolute Gasteiger partial charge is 0.320 e. The summed E-state index contributed by atoms with van der Waals surface area (Å²) in [5.74, 6) is -0.630. The van der Waals surface area contributed by atoms with Crippen molar-refractivity contribution in [1.29, 1.82) is 0 Å². The number of aliphatic carboxylic acids is 1. The highest BCUT2D eigenvalue weighted by atomic mass is 79.9. The van der Waals surface area contributed by atoms with Crippen LogP contribution in [0.4, 0.5) is 0 Å². The normalized spacial score (nSPS) is 16.5. The van der Waals surface area contributed by atoms with E-state index in [1.165, 1.54) is 0 Å². The van der Waals surface area contributed by atoms with Gasteiger partial charge in [-0.1, -0.05) is 43.1 Å². The molecule has 11 heavy (non-hydrogen) atoms. The van der Waals surface area contributed by atoms with Crippen molar-refractivity contribution in [3.63, 3.8) is 0 Å². The molecule has 0 aliphatic heterocycles. The Hall–Kier alpha value is -0.0500. The van der Waals surface area contributed by atoms with Gasteiger partial charge in [0.15, 0.2) is 0 Å². The maximum absolute atomic E-state index is 10.8. The van der Waals surface area contributed by atoms with Crippen molar-refractivity contribution in [2.24, 2.45) is 5.92 Å². The zero-order valence-corrected chi connectivity index (χ0v) is 8.81. The Balaban J connectivity index is 4.38. The highest BCUT2D eigenvalue weighted by molar-refractivity contribution is 9.10. The number of rotatable bonds is 4. The standard InChI is InChI=1S/C8H15BrO2/c1-4-5-8(9,6(2)3)7(10)11/h6H,4-5H2,1-3H3,(H,10,11)/t8-/m1/s1. The molecule has 0 rings (SSSR count). The van der Waals surface area contributed by atoms with E-state index in [-0.39, 0.29) is 5.92 Å². The molecule has 0 fully saturated rings. The van der Waals surface area contributed by atoms with Crippen molar-refractivity contribution in [3.05, 3.63) is 0 Å². The summed E-state index contributed by atoms with van der Waals surface area (Å²) in [6.07, 6.45) is 1.57. The van der Waals surface area contributed by atoms with Crippen molar-refractivity contribution < 1.29 is 9.90 Å². The Bertz CT molecular complexity index is 145. The van der Waals surface area contributed by atoms with Crippen LogP contribution in [0.3, 0.4) is 0 Å². The van der Waals surface area contributed by atoms with E-state index in [0.29, 0.717) is 6.42 Å². The van der Waals surface area contributed by atoms with Gasteiger partial charge in [-0.3, -0.25) is 4.79 Å². The van der Waals surface area contributed by atoms with Crippen molar-refractivity contribution >= 4 is 21.9 Å². The molecule has 1 atom stereocenters. The molecular weight excluding hydrogens is 208 g/mol. The lowest BCUT2D eigenvalue weighted by molar-refractivity contribution is -0.141. The molecule has 0 spiro atoms. The lowest BCUT2D eigenvalue weighted by atomic mass is 9.91. The van der Waals surface area contributed by atoms with Gasteiger partial charge in [0, 0.05) is 0 Å². The molecule has 0 aromatic heterocycles. The minimum Gasteiger partial charge on any atom is -0.480 e. The van der Waals surface area contributed by atoms with Gasteiger partial charge in [-0.05, 0) is 12.3 Å². The average molecular weight is 223 g/mol. The van der Waals surface area contributed by atoms with Gasteiger partial charge in [0.05, 0.1) is 0 Å². The SMILES string of the molecule is CCC[C@](Br)(C(=O)O)C(C)C. The summed E-state index contributed by atoms with van der Waals surface area (Å²) in [6.45, 7) is 5.82. The third kappa shape index (κ3) is 2.47. The van der Waals surface area contributed by atoms with E-state index in [0.717, 1.165) is 6.42 Å². The molecule has 0 amide bonds. The van der Waals surface area contributed by atoms with E-state index < -0.39 is 10.3 Å². The van der Waals surface area contributed by atoms with Gasteiger partial charge in [-0.15, -0.1) is 0 Å². The van der Waals surface area contributed by atoms with Crippen LogP contribution in [-0.4, -0.2) is 15.4 Å². The number of carboxylic acids is 1. The molecule has 0 bridgehead atoms. The van der Waals surface area contributed by atoms with E-state index in [2.05, 4.69) is 15.9 Å². The first-order chi connectivity index (χ1) is 4.95. The molecule has 0 heterocycles. The number of carbonyl (C=O) groups is 1. The summed E-state index contributed by atoms with van der Waals surface area (Å²) in [5.41, 5.74) is 0. The highest BCUT2D eigenvalue weighted by Crippen LogP contribution is 2.32. The van der Waals surface area contributed by atoms with Gasteiger partial charge in [-0.25, -0.2) is 0 Å². The van der Waals surface area contributed by atoms with Crippen molar-refractivity contribution in [1.82, 2.24) is 0 Å². The van der Waals surface area contributed by atoms with Gasteiger partial charge >= 0.3 is 5.97 Å². The second-order valence-corrected chi connectivity index (χ2v) is 4.49. The number of hydrogen-bond donors (Lipinski definition) is 1. The van der Waals surface area contributed by atoms with E-state index in [1.54, 1.807) is 0 Å². The largest absolute Gasteiger partial charge is 0.480 e. The van der Waals surface area contributed by atoms with E-state index >= 15 is 0 Å². The minimum absolute atomic E-state index is 0.125. The third-order valence-electron chi connectivity index (χ3n) is 1.88. The molecule has 0 aromatic rings. The molecule has 0 aliphatic carbocycles. The minimum atomic E-state index is -0.755. The van der Waals surface area contributed by atoms with Crippen LogP contribution >= 0.6 is 15.9 Å². The lowest BCUT2D eigenvalue weighted by Crippen LogP contribution is -2.37. The molecule has 0 radical (unpaired) electrons. The van der Waals surface area contributed by atoms with Crippen LogP contribution < -0.4 is 0 Å². The fraction of sp³-hybridized carbons (Fsp3) is 0.875. The first-order valence-corrected chi connectivity index (χ1v) is 4.66. The Morgan fingerprint density at radius 3 is 2.18 bits per heavy atom. The van der Waals surface area contributed by atoms with Crippen LogP contribution in [0.25, 0.3) is 0 Å². The van der Waals surface area contributed by atoms with Gasteiger partial charge in [0.2, 0.25) is 0 Å². The zero-order valence-electron chi connectivity index (χ0n) is 7.22. The Morgan fingerprint density at radius 1 is 1.64 bits per heavy atom. The molecule has 1 N–H and O–H groups in total. The van der Waals surface area contributed by atoms with Gasteiger partial charge in [0.25, 0.3) is 0 Å². The Labute approximate surface area is 76.1 Å². The predicted molar refractivity (Wildman–Crippen MR) is 49.0 cm³/mol. The fourth-order valence-corrected chi connectivity index (χ4v) is 1.40. The molecule has 3 heteroatoms. The van der Waals surface area contributed by atoms with Crippen LogP contribution in [0.2, 0.25) is 0 Å². The lowest BCUT2D eigenvalue weighted by Gasteiger charge is -2.26. The fourth-order valence-electron chi connectivity index (χ4n) is 1.01. The van der Waals surface area contributed by atoms with E-state index in [9.17, 15) is 4.79 Å². The first kappa shape index (κ1) is 11.0. The van der Waals surface area contributed by atoms with E-state index in [1.807, 2.05) is 20.8 Å². The van der Waals surface area contributed by atoms with E-state index in [4.69, 9.17) is 5.11 Å². The number of alkyl halides is 1. The molecular formula is C8H15BrO2. The second-order valence-electron chi connectivity index (χ2n) is 3.07.